The maximum atomic E-state index is 13.2. The van der Waals surface area contributed by atoms with Gasteiger partial charge in [0, 0.05) is 12.7 Å². The molecule has 1 aliphatic heterocycles. The van der Waals surface area contributed by atoms with Crippen LogP contribution in [-0.2, 0) is 16.1 Å². The van der Waals surface area contributed by atoms with Crippen LogP contribution in [0.25, 0.3) is 11.7 Å². The van der Waals surface area contributed by atoms with Gasteiger partial charge in [-0.25, -0.2) is 9.37 Å². The number of rotatable bonds is 9. The summed E-state index contributed by atoms with van der Waals surface area (Å²) in [4.78, 5) is 32.6. The SMILES string of the molecule is O=C1C(=Cc2c(NCCOCCO)nc3ccccn3c2=O)SC(=S)N1Cc1ccc(F)cc1. The van der Waals surface area contributed by atoms with Crippen LogP contribution in [0.3, 0.4) is 0 Å². The highest BCUT2D eigenvalue weighted by molar-refractivity contribution is 8.26. The topological polar surface area (TPSA) is 96.2 Å². The summed E-state index contributed by atoms with van der Waals surface area (Å²) in [6, 6.07) is 11.0. The van der Waals surface area contributed by atoms with Crippen LogP contribution < -0.4 is 10.9 Å². The number of thiocarbonyl (C=S) groups is 1. The zero-order valence-corrected chi connectivity index (χ0v) is 19.6. The van der Waals surface area contributed by atoms with Crippen molar-refractivity contribution in [3.8, 4) is 0 Å². The second-order valence-corrected chi connectivity index (χ2v) is 8.94. The van der Waals surface area contributed by atoms with Gasteiger partial charge in [0.25, 0.3) is 11.5 Å². The van der Waals surface area contributed by atoms with Crippen LogP contribution in [0.4, 0.5) is 10.2 Å². The number of hydrogen-bond donors (Lipinski definition) is 2. The lowest BCUT2D eigenvalue weighted by atomic mass is 10.2. The third-order valence-electron chi connectivity index (χ3n) is 4.95. The highest BCUT2D eigenvalue weighted by Crippen LogP contribution is 2.34. The number of amides is 1. The summed E-state index contributed by atoms with van der Waals surface area (Å²) in [5, 5.41) is 11.9. The van der Waals surface area contributed by atoms with E-state index in [0.29, 0.717) is 33.8 Å². The third-order valence-corrected chi connectivity index (χ3v) is 6.32. The van der Waals surface area contributed by atoms with Crippen molar-refractivity contribution >= 4 is 51.7 Å². The van der Waals surface area contributed by atoms with E-state index >= 15 is 0 Å². The van der Waals surface area contributed by atoms with E-state index in [2.05, 4.69) is 10.3 Å². The van der Waals surface area contributed by atoms with Crippen molar-refractivity contribution in [1.82, 2.24) is 14.3 Å². The van der Waals surface area contributed by atoms with Gasteiger partial charge >= 0.3 is 0 Å². The summed E-state index contributed by atoms with van der Waals surface area (Å²) in [6.07, 6.45) is 3.10. The predicted octanol–water partition coefficient (Wildman–Crippen LogP) is 2.66. The summed E-state index contributed by atoms with van der Waals surface area (Å²) >= 11 is 6.49. The molecule has 0 radical (unpaired) electrons. The first-order chi connectivity index (χ1) is 16.5. The van der Waals surface area contributed by atoms with E-state index in [0.717, 1.165) is 17.3 Å². The lowest BCUT2D eigenvalue weighted by Crippen LogP contribution is -2.27. The van der Waals surface area contributed by atoms with E-state index in [1.165, 1.54) is 27.5 Å². The maximum absolute atomic E-state index is 13.2. The van der Waals surface area contributed by atoms with E-state index in [1.54, 1.807) is 36.5 Å². The number of carbonyl (C=O) groups excluding carboxylic acids is 1. The minimum atomic E-state index is -0.361. The first-order valence-corrected chi connectivity index (χ1v) is 11.6. The average molecular weight is 501 g/mol. The molecule has 1 saturated heterocycles. The number of halogens is 1. The number of hydrogen-bond acceptors (Lipinski definition) is 8. The molecule has 0 bridgehead atoms. The van der Waals surface area contributed by atoms with Gasteiger partial charge in [-0.3, -0.25) is 18.9 Å². The van der Waals surface area contributed by atoms with Crippen molar-refractivity contribution in [2.75, 3.05) is 31.7 Å². The zero-order chi connectivity index (χ0) is 24.1. The molecule has 0 spiro atoms. The Kier molecular flexibility index (Phi) is 7.68. The Morgan fingerprint density at radius 2 is 1.97 bits per heavy atom. The Labute approximate surface area is 204 Å². The zero-order valence-electron chi connectivity index (χ0n) is 17.9. The first kappa shape index (κ1) is 24.0. The molecular formula is C23H21FN4O4S2. The molecule has 3 aromatic rings. The number of thioether (sulfide) groups is 1. The minimum Gasteiger partial charge on any atom is -0.394 e. The van der Waals surface area contributed by atoms with Gasteiger partial charge in [0.1, 0.15) is 21.6 Å². The predicted molar refractivity (Wildman–Crippen MR) is 133 cm³/mol. The van der Waals surface area contributed by atoms with Crippen LogP contribution in [0.1, 0.15) is 11.1 Å². The molecule has 2 aromatic heterocycles. The van der Waals surface area contributed by atoms with Gasteiger partial charge in [-0.05, 0) is 35.9 Å². The fourth-order valence-electron chi connectivity index (χ4n) is 3.32. The summed E-state index contributed by atoms with van der Waals surface area (Å²) in [5.41, 5.74) is 1.06. The van der Waals surface area contributed by atoms with Crippen LogP contribution in [-0.4, -0.2) is 56.0 Å². The van der Waals surface area contributed by atoms with Gasteiger partial charge in [-0.2, -0.15) is 0 Å². The van der Waals surface area contributed by atoms with Gasteiger partial charge in [-0.1, -0.05) is 42.2 Å². The number of aromatic nitrogens is 2. The van der Waals surface area contributed by atoms with Gasteiger partial charge in [0.2, 0.25) is 0 Å². The molecule has 176 valence electrons. The Morgan fingerprint density at radius 1 is 1.18 bits per heavy atom. The number of anilines is 1. The van der Waals surface area contributed by atoms with Crippen molar-refractivity contribution in [2.24, 2.45) is 0 Å². The van der Waals surface area contributed by atoms with Gasteiger partial charge < -0.3 is 15.2 Å². The summed E-state index contributed by atoms with van der Waals surface area (Å²) in [5.74, 6) is -0.387. The van der Waals surface area contributed by atoms with E-state index in [1.807, 2.05) is 0 Å². The number of aliphatic hydroxyl groups is 1. The number of nitrogens with zero attached hydrogens (tertiary/aromatic N) is 3. The normalized spacial score (nSPS) is 15.0. The molecule has 0 unspecified atom stereocenters. The number of ether oxygens (including phenoxy) is 1. The minimum absolute atomic E-state index is 0.0828. The third kappa shape index (κ3) is 5.33. The number of carbonyl (C=O) groups is 1. The molecule has 1 fully saturated rings. The lowest BCUT2D eigenvalue weighted by molar-refractivity contribution is -0.122. The smallest absolute Gasteiger partial charge is 0.267 e. The quantitative estimate of drug-likeness (QED) is 0.263. The largest absolute Gasteiger partial charge is 0.394 e. The molecule has 0 atom stereocenters. The Morgan fingerprint density at radius 3 is 2.74 bits per heavy atom. The molecule has 0 saturated carbocycles. The van der Waals surface area contributed by atoms with Crippen molar-refractivity contribution in [3.05, 3.63) is 80.9 Å². The van der Waals surface area contributed by atoms with Crippen LogP contribution >= 0.6 is 24.0 Å². The summed E-state index contributed by atoms with van der Waals surface area (Å²) in [7, 11) is 0. The molecular weight excluding hydrogens is 479 g/mol. The second kappa shape index (κ2) is 10.9. The molecule has 0 aliphatic carbocycles. The van der Waals surface area contributed by atoms with Crippen LogP contribution in [0.2, 0.25) is 0 Å². The van der Waals surface area contributed by atoms with Crippen LogP contribution in [0.15, 0.2) is 58.4 Å². The summed E-state index contributed by atoms with van der Waals surface area (Å²) in [6.45, 7) is 0.974. The van der Waals surface area contributed by atoms with E-state index < -0.39 is 0 Å². The maximum Gasteiger partial charge on any atom is 0.267 e. The van der Waals surface area contributed by atoms with Crippen molar-refractivity contribution in [1.29, 1.82) is 0 Å². The molecule has 11 heteroatoms. The van der Waals surface area contributed by atoms with Crippen LogP contribution in [0, 0.1) is 5.82 Å². The van der Waals surface area contributed by atoms with E-state index in [4.69, 9.17) is 22.1 Å². The molecule has 1 aromatic carbocycles. The standard InChI is InChI=1S/C23H21FN4O4S2/c24-16-6-4-15(5-7-16)14-28-22(31)18(34-23(28)33)13-17-20(25-8-11-32-12-10-29)26-19-3-1-2-9-27(19)21(17)30/h1-7,9,13,25,29H,8,10-12,14H2. The molecule has 34 heavy (non-hydrogen) atoms. The van der Waals surface area contributed by atoms with E-state index in [-0.39, 0.29) is 42.6 Å². The highest BCUT2D eigenvalue weighted by Gasteiger charge is 2.32. The Balaban J connectivity index is 1.64. The average Bonchev–Trinajstić information content (AvgIpc) is 3.10. The number of pyridine rings is 1. The van der Waals surface area contributed by atoms with Gasteiger partial charge in [0.15, 0.2) is 0 Å². The number of benzene rings is 1. The van der Waals surface area contributed by atoms with Crippen molar-refractivity contribution < 1.29 is 19.0 Å². The lowest BCUT2D eigenvalue weighted by Gasteiger charge is -2.14. The van der Waals surface area contributed by atoms with Crippen molar-refractivity contribution in [2.45, 2.75) is 6.54 Å². The Hall–Kier alpha value is -3.12. The molecule has 4 rings (SSSR count). The Bertz CT molecular complexity index is 1310. The van der Waals surface area contributed by atoms with Gasteiger partial charge in [0.05, 0.1) is 36.8 Å². The van der Waals surface area contributed by atoms with Crippen LogP contribution in [0.5, 0.6) is 0 Å². The number of fused-ring (bicyclic) bond motifs is 1. The molecule has 8 nitrogen and oxygen atoms in total. The number of aliphatic hydroxyl groups excluding tert-OH is 1. The fourth-order valence-corrected chi connectivity index (χ4v) is 4.55. The van der Waals surface area contributed by atoms with E-state index in [9.17, 15) is 14.0 Å². The summed E-state index contributed by atoms with van der Waals surface area (Å²) < 4.78 is 20.2. The first-order valence-electron chi connectivity index (χ1n) is 10.4. The monoisotopic (exact) mass is 500 g/mol. The fraction of sp³-hybridized carbons (Fsp3) is 0.217. The highest BCUT2D eigenvalue weighted by atomic mass is 32.2. The molecule has 3 heterocycles. The molecule has 1 aliphatic rings. The molecule has 2 N–H and O–H groups in total. The van der Waals surface area contributed by atoms with Crippen molar-refractivity contribution in [3.63, 3.8) is 0 Å². The second-order valence-electron chi connectivity index (χ2n) is 7.27. The van der Waals surface area contributed by atoms with Gasteiger partial charge in [-0.15, -0.1) is 0 Å². The number of nitrogens with one attached hydrogen (secondary N) is 1. The molecule has 1 amide bonds.